The molecule has 1 amide bonds. The molecule has 0 aromatic carbocycles. The third-order valence-corrected chi connectivity index (χ3v) is 3.71. The van der Waals surface area contributed by atoms with Crippen LogP contribution >= 0.6 is 0 Å². The van der Waals surface area contributed by atoms with Gasteiger partial charge in [-0.3, -0.25) is 9.69 Å². The Morgan fingerprint density at radius 1 is 1.37 bits per heavy atom. The van der Waals surface area contributed by atoms with E-state index >= 15 is 0 Å². The molecule has 4 nitrogen and oxygen atoms in total. The van der Waals surface area contributed by atoms with Crippen molar-refractivity contribution in [1.82, 2.24) is 15.2 Å². The summed E-state index contributed by atoms with van der Waals surface area (Å²) in [7, 11) is 0. The first-order valence-electron chi connectivity index (χ1n) is 6.50. The van der Waals surface area contributed by atoms with E-state index in [0.717, 1.165) is 25.7 Å². The largest absolute Gasteiger partial charge is 0.348 e. The Morgan fingerprint density at radius 3 is 2.89 bits per heavy atom. The van der Waals surface area contributed by atoms with E-state index in [9.17, 15) is 13.6 Å². The standard InChI is InChI=1S/C13H15F2N3O/c14-11-10(3-5-16-12(11)15)13(19)17-8-4-6-18(7-8)9-1-2-9/h3,5,8-9H,1-2,4,6-7H2,(H,17,19). The van der Waals surface area contributed by atoms with Crippen LogP contribution in [-0.4, -0.2) is 41.0 Å². The third kappa shape index (κ3) is 2.58. The van der Waals surface area contributed by atoms with Gasteiger partial charge in [0.25, 0.3) is 5.91 Å². The van der Waals surface area contributed by atoms with Crippen LogP contribution in [0.3, 0.4) is 0 Å². The molecule has 6 heteroatoms. The highest BCUT2D eigenvalue weighted by Gasteiger charge is 2.35. The Kier molecular flexibility index (Phi) is 3.18. The summed E-state index contributed by atoms with van der Waals surface area (Å²) in [5.41, 5.74) is -0.280. The summed E-state index contributed by atoms with van der Waals surface area (Å²) in [6.07, 6.45) is 4.41. The van der Waals surface area contributed by atoms with E-state index in [0.29, 0.717) is 6.04 Å². The number of pyridine rings is 1. The van der Waals surface area contributed by atoms with Gasteiger partial charge in [-0.1, -0.05) is 0 Å². The van der Waals surface area contributed by atoms with E-state index in [1.165, 1.54) is 18.9 Å². The lowest BCUT2D eigenvalue weighted by Gasteiger charge is -2.15. The predicted octanol–water partition coefficient (Wildman–Crippen LogP) is 1.33. The minimum atomic E-state index is -1.24. The molecule has 1 aromatic rings. The molecule has 0 radical (unpaired) electrons. The molecule has 3 rings (SSSR count). The Labute approximate surface area is 109 Å². The van der Waals surface area contributed by atoms with E-state index < -0.39 is 17.7 Å². The highest BCUT2D eigenvalue weighted by Crippen LogP contribution is 2.29. The average Bonchev–Trinajstić information content (AvgIpc) is 3.14. The Hall–Kier alpha value is -1.56. The molecule has 2 heterocycles. The van der Waals surface area contributed by atoms with Crippen LogP contribution in [0.25, 0.3) is 0 Å². The number of nitrogens with one attached hydrogen (secondary N) is 1. The molecule has 1 aliphatic carbocycles. The normalized spacial score (nSPS) is 23.6. The van der Waals surface area contributed by atoms with Gasteiger partial charge in [-0.25, -0.2) is 9.37 Å². The summed E-state index contributed by atoms with van der Waals surface area (Å²) < 4.78 is 26.4. The molecular formula is C13H15F2N3O. The van der Waals surface area contributed by atoms with Crippen LogP contribution in [0.4, 0.5) is 8.78 Å². The van der Waals surface area contributed by atoms with Gasteiger partial charge in [0, 0.05) is 31.4 Å². The van der Waals surface area contributed by atoms with Crippen LogP contribution in [0.15, 0.2) is 12.3 Å². The summed E-state index contributed by atoms with van der Waals surface area (Å²) in [5.74, 6) is -2.99. The SMILES string of the molecule is O=C(NC1CCN(C2CC2)C1)c1ccnc(F)c1F. The molecule has 1 aromatic heterocycles. The molecular weight excluding hydrogens is 252 g/mol. The van der Waals surface area contributed by atoms with Gasteiger partial charge in [0.15, 0.2) is 5.82 Å². The lowest BCUT2D eigenvalue weighted by atomic mass is 10.2. The molecule has 0 bridgehead atoms. The zero-order valence-electron chi connectivity index (χ0n) is 10.4. The van der Waals surface area contributed by atoms with Crippen LogP contribution in [0.1, 0.15) is 29.6 Å². The van der Waals surface area contributed by atoms with Gasteiger partial charge in [-0.15, -0.1) is 0 Å². The number of hydrogen-bond acceptors (Lipinski definition) is 3. The number of halogens is 2. The maximum atomic E-state index is 13.4. The highest BCUT2D eigenvalue weighted by molar-refractivity contribution is 5.94. The first-order chi connectivity index (χ1) is 9.15. The molecule has 102 valence electrons. The van der Waals surface area contributed by atoms with Crippen LogP contribution in [0.5, 0.6) is 0 Å². The van der Waals surface area contributed by atoms with Gasteiger partial charge in [0.2, 0.25) is 5.95 Å². The maximum Gasteiger partial charge on any atom is 0.254 e. The summed E-state index contributed by atoms with van der Waals surface area (Å²) in [5, 5.41) is 2.76. The van der Waals surface area contributed by atoms with E-state index in [-0.39, 0.29) is 11.6 Å². The molecule has 2 fully saturated rings. The fourth-order valence-electron chi connectivity index (χ4n) is 2.53. The smallest absolute Gasteiger partial charge is 0.254 e. The van der Waals surface area contributed by atoms with E-state index in [4.69, 9.17) is 0 Å². The molecule has 1 saturated carbocycles. The van der Waals surface area contributed by atoms with Gasteiger partial charge in [-0.05, 0) is 25.3 Å². The zero-order valence-corrected chi connectivity index (χ0v) is 10.4. The van der Waals surface area contributed by atoms with Crippen molar-refractivity contribution in [3.8, 4) is 0 Å². The second kappa shape index (κ2) is 4.85. The lowest BCUT2D eigenvalue weighted by Crippen LogP contribution is -2.38. The van der Waals surface area contributed by atoms with Crippen molar-refractivity contribution in [3.05, 3.63) is 29.6 Å². The molecule has 2 aliphatic rings. The minimum absolute atomic E-state index is 0.0173. The quantitative estimate of drug-likeness (QED) is 0.840. The number of amides is 1. The Balaban J connectivity index is 1.63. The van der Waals surface area contributed by atoms with Crippen molar-refractivity contribution in [3.63, 3.8) is 0 Å². The van der Waals surface area contributed by atoms with E-state index in [1.807, 2.05) is 0 Å². The van der Waals surface area contributed by atoms with Gasteiger partial charge in [0.05, 0.1) is 5.56 Å². The molecule has 1 saturated heterocycles. The van der Waals surface area contributed by atoms with Gasteiger partial charge >= 0.3 is 0 Å². The number of hydrogen-bond donors (Lipinski definition) is 1. The topological polar surface area (TPSA) is 45.2 Å². The maximum absolute atomic E-state index is 13.4. The van der Waals surface area contributed by atoms with Crippen LogP contribution < -0.4 is 5.32 Å². The van der Waals surface area contributed by atoms with Crippen molar-refractivity contribution in [2.24, 2.45) is 0 Å². The monoisotopic (exact) mass is 267 g/mol. The van der Waals surface area contributed by atoms with E-state index in [1.54, 1.807) is 0 Å². The van der Waals surface area contributed by atoms with Crippen LogP contribution in [0, 0.1) is 11.8 Å². The van der Waals surface area contributed by atoms with Gasteiger partial charge in [-0.2, -0.15) is 4.39 Å². The average molecular weight is 267 g/mol. The number of nitrogens with zero attached hydrogens (tertiary/aromatic N) is 2. The Bertz CT molecular complexity index is 505. The third-order valence-electron chi connectivity index (χ3n) is 3.71. The number of rotatable bonds is 3. The second-order valence-electron chi connectivity index (χ2n) is 5.15. The summed E-state index contributed by atoms with van der Waals surface area (Å²) >= 11 is 0. The number of aromatic nitrogens is 1. The van der Waals surface area contributed by atoms with Crippen LogP contribution in [0.2, 0.25) is 0 Å². The van der Waals surface area contributed by atoms with Crippen molar-refractivity contribution >= 4 is 5.91 Å². The van der Waals surface area contributed by atoms with Crippen molar-refractivity contribution in [1.29, 1.82) is 0 Å². The summed E-state index contributed by atoms with van der Waals surface area (Å²) in [4.78, 5) is 17.4. The molecule has 1 N–H and O–H groups in total. The molecule has 1 aliphatic heterocycles. The van der Waals surface area contributed by atoms with Crippen molar-refractivity contribution < 1.29 is 13.6 Å². The summed E-state index contributed by atoms with van der Waals surface area (Å²) in [6.45, 7) is 1.76. The molecule has 0 spiro atoms. The predicted molar refractivity (Wildman–Crippen MR) is 64.6 cm³/mol. The zero-order chi connectivity index (χ0) is 13.4. The molecule has 19 heavy (non-hydrogen) atoms. The second-order valence-corrected chi connectivity index (χ2v) is 5.15. The van der Waals surface area contributed by atoms with Crippen LogP contribution in [-0.2, 0) is 0 Å². The molecule has 1 unspecified atom stereocenters. The van der Waals surface area contributed by atoms with Gasteiger partial charge < -0.3 is 5.32 Å². The Morgan fingerprint density at radius 2 is 2.16 bits per heavy atom. The first-order valence-corrected chi connectivity index (χ1v) is 6.50. The lowest BCUT2D eigenvalue weighted by molar-refractivity contribution is 0.0932. The highest BCUT2D eigenvalue weighted by atomic mass is 19.2. The first kappa shape index (κ1) is 12.5. The van der Waals surface area contributed by atoms with E-state index in [2.05, 4.69) is 15.2 Å². The summed E-state index contributed by atoms with van der Waals surface area (Å²) in [6, 6.07) is 1.88. The van der Waals surface area contributed by atoms with Gasteiger partial charge in [0.1, 0.15) is 0 Å². The van der Waals surface area contributed by atoms with Crippen molar-refractivity contribution in [2.45, 2.75) is 31.3 Å². The number of carbonyl (C=O) groups excluding carboxylic acids is 1. The molecule has 1 atom stereocenters. The fraction of sp³-hybridized carbons (Fsp3) is 0.538. The number of carbonyl (C=O) groups is 1. The van der Waals surface area contributed by atoms with Crippen molar-refractivity contribution in [2.75, 3.05) is 13.1 Å². The number of likely N-dealkylation sites (tertiary alicyclic amines) is 1. The fourth-order valence-corrected chi connectivity index (χ4v) is 2.53. The minimum Gasteiger partial charge on any atom is -0.348 e.